The van der Waals surface area contributed by atoms with E-state index in [0.29, 0.717) is 5.41 Å². The molecule has 2 heteroatoms. The Hall–Kier alpha value is -0.0800. The van der Waals surface area contributed by atoms with Crippen molar-refractivity contribution >= 4 is 0 Å². The van der Waals surface area contributed by atoms with Gasteiger partial charge in [0, 0.05) is 19.1 Å². The van der Waals surface area contributed by atoms with E-state index in [1.54, 1.807) is 0 Å². The summed E-state index contributed by atoms with van der Waals surface area (Å²) in [5, 5.41) is 3.64. The summed E-state index contributed by atoms with van der Waals surface area (Å²) in [6.07, 6.45) is 4.04. The van der Waals surface area contributed by atoms with Gasteiger partial charge in [-0.25, -0.2) is 0 Å². The summed E-state index contributed by atoms with van der Waals surface area (Å²) >= 11 is 0. The average molecular weight is 240 g/mol. The molecule has 1 heterocycles. The number of nitrogens with zero attached hydrogens (tertiary/aromatic N) is 1. The van der Waals surface area contributed by atoms with E-state index < -0.39 is 0 Å². The van der Waals surface area contributed by atoms with E-state index >= 15 is 0 Å². The van der Waals surface area contributed by atoms with Gasteiger partial charge >= 0.3 is 0 Å². The van der Waals surface area contributed by atoms with Crippen LogP contribution in [0.3, 0.4) is 0 Å². The molecule has 2 nitrogen and oxygen atoms in total. The number of rotatable bonds is 7. The van der Waals surface area contributed by atoms with Crippen LogP contribution in [0.2, 0.25) is 0 Å². The molecule has 1 aliphatic rings. The van der Waals surface area contributed by atoms with Crippen molar-refractivity contribution in [1.82, 2.24) is 10.2 Å². The third-order valence-electron chi connectivity index (χ3n) is 4.23. The van der Waals surface area contributed by atoms with Crippen molar-refractivity contribution in [3.63, 3.8) is 0 Å². The van der Waals surface area contributed by atoms with Crippen LogP contribution in [-0.4, -0.2) is 37.1 Å². The molecule has 1 aliphatic heterocycles. The maximum atomic E-state index is 3.64. The molecule has 17 heavy (non-hydrogen) atoms. The van der Waals surface area contributed by atoms with E-state index in [4.69, 9.17) is 0 Å². The van der Waals surface area contributed by atoms with E-state index in [9.17, 15) is 0 Å². The van der Waals surface area contributed by atoms with Crippen molar-refractivity contribution in [2.45, 2.75) is 59.9 Å². The first kappa shape index (κ1) is 15.0. The second-order valence-corrected chi connectivity index (χ2v) is 6.65. The number of nitrogens with one attached hydrogen (secondary N) is 1. The summed E-state index contributed by atoms with van der Waals surface area (Å²) in [6, 6.07) is 0.797. The molecular formula is C15H32N2. The summed E-state index contributed by atoms with van der Waals surface area (Å²) in [5.41, 5.74) is 0.438. The normalized spacial score (nSPS) is 25.4. The molecule has 0 radical (unpaired) electrons. The molecule has 102 valence electrons. The molecule has 1 fully saturated rings. The van der Waals surface area contributed by atoms with Crippen molar-refractivity contribution in [1.29, 1.82) is 0 Å². The molecule has 1 saturated heterocycles. The van der Waals surface area contributed by atoms with Crippen LogP contribution >= 0.6 is 0 Å². The zero-order valence-electron chi connectivity index (χ0n) is 12.6. The fraction of sp³-hybridized carbons (Fsp3) is 1.00. The van der Waals surface area contributed by atoms with Gasteiger partial charge in [0.1, 0.15) is 0 Å². The van der Waals surface area contributed by atoms with E-state index in [1.165, 1.54) is 32.4 Å². The fourth-order valence-corrected chi connectivity index (χ4v) is 2.67. The lowest BCUT2D eigenvalue weighted by Crippen LogP contribution is -2.43. The largest absolute Gasteiger partial charge is 0.316 e. The molecule has 0 aromatic carbocycles. The van der Waals surface area contributed by atoms with Gasteiger partial charge < -0.3 is 10.2 Å². The lowest BCUT2D eigenvalue weighted by molar-refractivity contribution is 0.149. The molecule has 1 N–H and O–H groups in total. The summed E-state index contributed by atoms with van der Waals surface area (Å²) in [7, 11) is 0. The Balaban J connectivity index is 2.38. The van der Waals surface area contributed by atoms with Gasteiger partial charge in [0.15, 0.2) is 0 Å². The summed E-state index contributed by atoms with van der Waals surface area (Å²) in [4.78, 5) is 2.68. The minimum atomic E-state index is 0.438. The van der Waals surface area contributed by atoms with Gasteiger partial charge in [-0.1, -0.05) is 27.7 Å². The zero-order chi connectivity index (χ0) is 12.9. The predicted octanol–water partition coefficient (Wildman–Crippen LogP) is 3.13. The molecule has 0 aromatic rings. The standard InChI is InChI=1S/C15H32N2/c1-6-15(5,11-16-10-13(2)3)12-17-9-7-8-14(17)4/h13-14,16H,6-12H2,1-5H3. The molecule has 0 aromatic heterocycles. The molecule has 1 rings (SSSR count). The minimum Gasteiger partial charge on any atom is -0.316 e. The van der Waals surface area contributed by atoms with Gasteiger partial charge in [-0.15, -0.1) is 0 Å². The molecule has 0 aliphatic carbocycles. The number of likely N-dealkylation sites (tertiary alicyclic amines) is 1. The molecular weight excluding hydrogens is 208 g/mol. The topological polar surface area (TPSA) is 15.3 Å². The van der Waals surface area contributed by atoms with Gasteiger partial charge in [0.05, 0.1) is 0 Å². The molecule has 0 saturated carbocycles. The van der Waals surface area contributed by atoms with Crippen LogP contribution in [0.15, 0.2) is 0 Å². The van der Waals surface area contributed by atoms with Gasteiger partial charge in [-0.3, -0.25) is 0 Å². The van der Waals surface area contributed by atoms with E-state index in [-0.39, 0.29) is 0 Å². The van der Waals surface area contributed by atoms with E-state index in [1.807, 2.05) is 0 Å². The third-order valence-corrected chi connectivity index (χ3v) is 4.23. The second kappa shape index (κ2) is 6.75. The number of hydrogen-bond acceptors (Lipinski definition) is 2. The van der Waals surface area contributed by atoms with Crippen LogP contribution in [0.25, 0.3) is 0 Å². The van der Waals surface area contributed by atoms with Crippen molar-refractivity contribution in [2.75, 3.05) is 26.2 Å². The molecule has 2 atom stereocenters. The smallest absolute Gasteiger partial charge is 0.00676 e. The Kier molecular flexibility index (Phi) is 5.94. The lowest BCUT2D eigenvalue weighted by Gasteiger charge is -2.35. The Bertz CT molecular complexity index is 215. The van der Waals surface area contributed by atoms with Crippen LogP contribution < -0.4 is 5.32 Å². The molecule has 2 unspecified atom stereocenters. The summed E-state index contributed by atoms with van der Waals surface area (Å²) < 4.78 is 0. The second-order valence-electron chi connectivity index (χ2n) is 6.65. The molecule has 0 amide bonds. The first-order chi connectivity index (χ1) is 7.97. The van der Waals surface area contributed by atoms with Gasteiger partial charge in [0.2, 0.25) is 0 Å². The first-order valence-corrected chi connectivity index (χ1v) is 7.41. The van der Waals surface area contributed by atoms with Crippen LogP contribution in [0.5, 0.6) is 0 Å². The zero-order valence-corrected chi connectivity index (χ0v) is 12.6. The lowest BCUT2D eigenvalue weighted by atomic mass is 9.86. The van der Waals surface area contributed by atoms with E-state index in [2.05, 4.69) is 44.8 Å². The Morgan fingerprint density at radius 2 is 2.12 bits per heavy atom. The van der Waals surface area contributed by atoms with Gasteiger partial charge in [-0.05, 0) is 50.6 Å². The molecule has 0 bridgehead atoms. The maximum Gasteiger partial charge on any atom is 0.00676 e. The maximum absolute atomic E-state index is 3.64. The SMILES string of the molecule is CCC(C)(CNCC(C)C)CN1CCCC1C. The highest BCUT2D eigenvalue weighted by Crippen LogP contribution is 2.26. The van der Waals surface area contributed by atoms with Crippen LogP contribution in [0.4, 0.5) is 0 Å². The highest BCUT2D eigenvalue weighted by Gasteiger charge is 2.29. The van der Waals surface area contributed by atoms with Crippen molar-refractivity contribution in [3.05, 3.63) is 0 Å². The van der Waals surface area contributed by atoms with Crippen molar-refractivity contribution < 1.29 is 0 Å². The quantitative estimate of drug-likeness (QED) is 0.735. The Labute approximate surface area is 108 Å². The Morgan fingerprint density at radius 1 is 1.41 bits per heavy atom. The van der Waals surface area contributed by atoms with Crippen molar-refractivity contribution in [3.8, 4) is 0 Å². The Morgan fingerprint density at radius 3 is 2.59 bits per heavy atom. The fourth-order valence-electron chi connectivity index (χ4n) is 2.67. The summed E-state index contributed by atoms with van der Waals surface area (Å²) in [6.45, 7) is 16.6. The van der Waals surface area contributed by atoms with Gasteiger partial charge in [0.25, 0.3) is 0 Å². The van der Waals surface area contributed by atoms with Crippen LogP contribution in [0.1, 0.15) is 53.9 Å². The van der Waals surface area contributed by atoms with Crippen molar-refractivity contribution in [2.24, 2.45) is 11.3 Å². The van der Waals surface area contributed by atoms with Gasteiger partial charge in [-0.2, -0.15) is 0 Å². The highest BCUT2D eigenvalue weighted by molar-refractivity contribution is 4.84. The van der Waals surface area contributed by atoms with E-state index in [0.717, 1.165) is 25.0 Å². The van der Waals surface area contributed by atoms with Crippen LogP contribution in [0, 0.1) is 11.3 Å². The highest BCUT2D eigenvalue weighted by atomic mass is 15.2. The monoisotopic (exact) mass is 240 g/mol. The summed E-state index contributed by atoms with van der Waals surface area (Å²) in [5.74, 6) is 0.752. The predicted molar refractivity (Wildman–Crippen MR) is 76.4 cm³/mol. The number of hydrogen-bond donors (Lipinski definition) is 1. The first-order valence-electron chi connectivity index (χ1n) is 7.41. The van der Waals surface area contributed by atoms with Crippen LogP contribution in [-0.2, 0) is 0 Å². The minimum absolute atomic E-state index is 0.438. The molecule has 0 spiro atoms. The average Bonchev–Trinajstić information content (AvgIpc) is 2.64. The third kappa shape index (κ3) is 4.97.